The van der Waals surface area contributed by atoms with Gasteiger partial charge in [-0.15, -0.1) is 0 Å². The number of nitrogens with zero attached hydrogens (tertiary/aromatic N) is 2. The van der Waals surface area contributed by atoms with E-state index in [0.717, 1.165) is 32.4 Å². The van der Waals surface area contributed by atoms with Crippen LogP contribution in [0.5, 0.6) is 0 Å². The fourth-order valence-corrected chi connectivity index (χ4v) is 2.99. The summed E-state index contributed by atoms with van der Waals surface area (Å²) in [5, 5.41) is 2.81. The standard InChI is InChI=1S/C18H26FN3O2/c1-13-7-8-14(12-15(13)19)17(23)20-9-5-11-22-10-4-6-16(22)18(24)21(2)3/h7-8,12,16H,4-6,9-11H2,1-3H3,(H,20,23). The highest BCUT2D eigenvalue weighted by molar-refractivity contribution is 5.94. The number of halogens is 1. The molecule has 132 valence electrons. The number of hydrogen-bond donors (Lipinski definition) is 1. The molecular formula is C18H26FN3O2. The molecule has 5 nitrogen and oxygen atoms in total. The molecule has 1 heterocycles. The number of carbonyl (C=O) groups is 2. The number of carbonyl (C=O) groups excluding carboxylic acids is 2. The lowest BCUT2D eigenvalue weighted by atomic mass is 10.1. The minimum atomic E-state index is -0.371. The van der Waals surface area contributed by atoms with Gasteiger partial charge in [0.15, 0.2) is 0 Å². The van der Waals surface area contributed by atoms with Gasteiger partial charge in [-0.25, -0.2) is 4.39 Å². The zero-order valence-corrected chi connectivity index (χ0v) is 14.6. The van der Waals surface area contributed by atoms with Gasteiger partial charge in [0.2, 0.25) is 5.91 Å². The van der Waals surface area contributed by atoms with Gasteiger partial charge in [-0.05, 0) is 50.4 Å². The van der Waals surface area contributed by atoms with Crippen LogP contribution in [0.3, 0.4) is 0 Å². The van der Waals surface area contributed by atoms with Gasteiger partial charge in [0.05, 0.1) is 6.04 Å². The van der Waals surface area contributed by atoms with E-state index in [2.05, 4.69) is 10.2 Å². The van der Waals surface area contributed by atoms with Gasteiger partial charge >= 0.3 is 0 Å². The number of rotatable bonds is 6. The van der Waals surface area contributed by atoms with E-state index in [1.807, 2.05) is 0 Å². The second-order valence-corrected chi connectivity index (χ2v) is 6.50. The second-order valence-electron chi connectivity index (χ2n) is 6.50. The van der Waals surface area contributed by atoms with Crippen LogP contribution in [0.2, 0.25) is 0 Å². The molecule has 1 aliphatic heterocycles. The van der Waals surface area contributed by atoms with Crippen LogP contribution in [0.25, 0.3) is 0 Å². The highest BCUT2D eigenvalue weighted by Crippen LogP contribution is 2.18. The highest BCUT2D eigenvalue weighted by atomic mass is 19.1. The Morgan fingerprint density at radius 3 is 2.79 bits per heavy atom. The van der Waals surface area contributed by atoms with Gasteiger partial charge in [-0.3, -0.25) is 14.5 Å². The molecular weight excluding hydrogens is 309 g/mol. The Bertz CT molecular complexity index is 604. The second kappa shape index (κ2) is 8.24. The summed E-state index contributed by atoms with van der Waals surface area (Å²) in [5.74, 6) is -0.493. The van der Waals surface area contributed by atoms with Crippen molar-refractivity contribution in [3.8, 4) is 0 Å². The van der Waals surface area contributed by atoms with Crippen LogP contribution in [0.15, 0.2) is 18.2 Å². The smallest absolute Gasteiger partial charge is 0.251 e. The molecule has 1 unspecified atom stereocenters. The third-order valence-corrected chi connectivity index (χ3v) is 4.43. The van der Waals surface area contributed by atoms with Crippen LogP contribution in [0.4, 0.5) is 4.39 Å². The quantitative estimate of drug-likeness (QED) is 0.807. The molecule has 0 aromatic heterocycles. The molecule has 0 aliphatic carbocycles. The number of benzene rings is 1. The van der Waals surface area contributed by atoms with Crippen molar-refractivity contribution in [2.45, 2.75) is 32.2 Å². The Morgan fingerprint density at radius 1 is 1.38 bits per heavy atom. The molecule has 1 N–H and O–H groups in total. The Hall–Kier alpha value is -1.95. The maximum atomic E-state index is 13.5. The number of likely N-dealkylation sites (N-methyl/N-ethyl adjacent to an activating group) is 1. The fraction of sp³-hybridized carbons (Fsp3) is 0.556. The van der Waals surface area contributed by atoms with Crippen LogP contribution < -0.4 is 5.32 Å². The van der Waals surface area contributed by atoms with Crippen molar-refractivity contribution in [1.82, 2.24) is 15.1 Å². The van der Waals surface area contributed by atoms with Crippen LogP contribution in [0.1, 0.15) is 35.2 Å². The lowest BCUT2D eigenvalue weighted by Gasteiger charge is -2.26. The van der Waals surface area contributed by atoms with Crippen molar-refractivity contribution >= 4 is 11.8 Å². The summed E-state index contributed by atoms with van der Waals surface area (Å²) >= 11 is 0. The molecule has 0 spiro atoms. The first kappa shape index (κ1) is 18.4. The number of nitrogens with one attached hydrogen (secondary N) is 1. The van der Waals surface area contributed by atoms with E-state index in [1.165, 1.54) is 6.07 Å². The SMILES string of the molecule is Cc1ccc(C(=O)NCCCN2CCCC2C(=O)N(C)C)cc1F. The molecule has 1 saturated heterocycles. The normalized spacial score (nSPS) is 17.8. The van der Waals surface area contributed by atoms with E-state index in [1.54, 1.807) is 38.1 Å². The van der Waals surface area contributed by atoms with E-state index in [4.69, 9.17) is 0 Å². The topological polar surface area (TPSA) is 52.7 Å². The number of likely N-dealkylation sites (tertiary alicyclic amines) is 1. The molecule has 1 aromatic rings. The molecule has 24 heavy (non-hydrogen) atoms. The van der Waals surface area contributed by atoms with Gasteiger partial charge in [-0.2, -0.15) is 0 Å². The third kappa shape index (κ3) is 4.54. The lowest BCUT2D eigenvalue weighted by molar-refractivity contribution is -0.133. The van der Waals surface area contributed by atoms with Gasteiger partial charge in [-0.1, -0.05) is 6.07 Å². The maximum Gasteiger partial charge on any atom is 0.251 e. The molecule has 1 aromatic carbocycles. The van der Waals surface area contributed by atoms with Gasteiger partial charge in [0.1, 0.15) is 5.82 Å². The average molecular weight is 335 g/mol. The van der Waals surface area contributed by atoms with Crippen molar-refractivity contribution in [3.05, 3.63) is 35.1 Å². The summed E-state index contributed by atoms with van der Waals surface area (Å²) in [4.78, 5) is 28.0. The third-order valence-electron chi connectivity index (χ3n) is 4.43. The molecule has 1 atom stereocenters. The van der Waals surface area contributed by atoms with Gasteiger partial charge < -0.3 is 10.2 Å². The number of hydrogen-bond acceptors (Lipinski definition) is 3. The van der Waals surface area contributed by atoms with Gasteiger partial charge in [0, 0.05) is 32.7 Å². The number of amides is 2. The largest absolute Gasteiger partial charge is 0.352 e. The average Bonchev–Trinajstić information content (AvgIpc) is 3.01. The zero-order valence-electron chi connectivity index (χ0n) is 14.6. The van der Waals surface area contributed by atoms with Crippen molar-refractivity contribution in [2.75, 3.05) is 33.7 Å². The molecule has 2 rings (SSSR count). The van der Waals surface area contributed by atoms with Crippen LogP contribution in [0, 0.1) is 12.7 Å². The summed E-state index contributed by atoms with van der Waals surface area (Å²) in [6.07, 6.45) is 2.68. The van der Waals surface area contributed by atoms with Crippen molar-refractivity contribution < 1.29 is 14.0 Å². The molecule has 1 fully saturated rings. The molecule has 0 radical (unpaired) electrons. The summed E-state index contributed by atoms with van der Waals surface area (Å²) in [5.41, 5.74) is 0.858. The lowest BCUT2D eigenvalue weighted by Crippen LogP contribution is -2.43. The Labute approximate surface area is 142 Å². The minimum absolute atomic E-state index is 0.0399. The summed E-state index contributed by atoms with van der Waals surface area (Å²) in [6, 6.07) is 4.45. The van der Waals surface area contributed by atoms with Gasteiger partial charge in [0.25, 0.3) is 5.91 Å². The fourth-order valence-electron chi connectivity index (χ4n) is 2.99. The first-order valence-electron chi connectivity index (χ1n) is 8.39. The maximum absolute atomic E-state index is 13.5. The summed E-state index contributed by atoms with van der Waals surface area (Å²) < 4.78 is 13.5. The van der Waals surface area contributed by atoms with E-state index in [-0.39, 0.29) is 23.7 Å². The molecule has 0 bridgehead atoms. The molecule has 0 saturated carbocycles. The Balaban J connectivity index is 1.77. The van der Waals surface area contributed by atoms with E-state index >= 15 is 0 Å². The minimum Gasteiger partial charge on any atom is -0.352 e. The first-order valence-corrected chi connectivity index (χ1v) is 8.39. The molecule has 1 aliphatic rings. The predicted octanol–water partition coefficient (Wildman–Crippen LogP) is 1.81. The summed E-state index contributed by atoms with van der Waals surface area (Å²) in [6.45, 7) is 3.86. The van der Waals surface area contributed by atoms with Crippen molar-refractivity contribution in [1.29, 1.82) is 0 Å². The Morgan fingerprint density at radius 2 is 2.12 bits per heavy atom. The zero-order chi connectivity index (χ0) is 17.7. The Kier molecular flexibility index (Phi) is 6.31. The van der Waals surface area contributed by atoms with E-state index in [9.17, 15) is 14.0 Å². The molecule has 2 amide bonds. The van der Waals surface area contributed by atoms with Crippen molar-refractivity contribution in [2.24, 2.45) is 0 Å². The highest BCUT2D eigenvalue weighted by Gasteiger charge is 2.30. The van der Waals surface area contributed by atoms with E-state index in [0.29, 0.717) is 17.7 Å². The van der Waals surface area contributed by atoms with Crippen LogP contribution >= 0.6 is 0 Å². The van der Waals surface area contributed by atoms with Crippen LogP contribution in [-0.2, 0) is 4.79 Å². The first-order chi connectivity index (χ1) is 11.4. The predicted molar refractivity (Wildman–Crippen MR) is 91.4 cm³/mol. The number of aryl methyl sites for hydroxylation is 1. The monoisotopic (exact) mass is 335 g/mol. The van der Waals surface area contributed by atoms with Crippen LogP contribution in [-0.4, -0.2) is 61.4 Å². The summed E-state index contributed by atoms with van der Waals surface area (Å²) in [7, 11) is 3.56. The van der Waals surface area contributed by atoms with E-state index < -0.39 is 0 Å². The van der Waals surface area contributed by atoms with Crippen molar-refractivity contribution in [3.63, 3.8) is 0 Å². The molecule has 6 heteroatoms.